The average Bonchev–Trinajstić information content (AvgIpc) is 3.29. The summed E-state index contributed by atoms with van der Waals surface area (Å²) in [4.78, 5) is 2.75. The van der Waals surface area contributed by atoms with Crippen LogP contribution in [0.15, 0.2) is 97.1 Å². The van der Waals surface area contributed by atoms with E-state index >= 15 is 0 Å². The number of hydrogen-bond donors (Lipinski definition) is 0. The first-order valence-electron chi connectivity index (χ1n) is 12.2. The molecule has 3 aromatic rings. The number of piperidine rings is 1. The highest BCUT2D eigenvalue weighted by Gasteiger charge is 2.28. The van der Waals surface area contributed by atoms with Gasteiger partial charge in [0.15, 0.2) is 0 Å². The molecule has 1 aliphatic carbocycles. The molecule has 1 saturated carbocycles. The Hall–Kier alpha value is -2.38. The first-order chi connectivity index (χ1) is 15.4. The van der Waals surface area contributed by atoms with E-state index < -0.39 is 0 Å². The normalized spacial score (nSPS) is 21.9. The van der Waals surface area contributed by atoms with E-state index in [9.17, 15) is 0 Å². The Labute approximate surface area is 189 Å². The van der Waals surface area contributed by atoms with Crippen LogP contribution in [-0.2, 0) is 6.42 Å². The third-order valence-corrected chi connectivity index (χ3v) is 7.06. The lowest BCUT2D eigenvalue weighted by Gasteiger charge is -2.33. The van der Waals surface area contributed by atoms with E-state index in [0.29, 0.717) is 0 Å². The molecule has 2 fully saturated rings. The second-order valence-electron chi connectivity index (χ2n) is 9.38. The van der Waals surface area contributed by atoms with E-state index in [0.717, 1.165) is 17.8 Å². The molecular weight excluding hydrogens is 374 g/mol. The second kappa shape index (κ2) is 11.9. The van der Waals surface area contributed by atoms with E-state index in [-0.39, 0.29) is 0 Å². The second-order valence-corrected chi connectivity index (χ2v) is 9.38. The highest BCUT2D eigenvalue weighted by Crippen LogP contribution is 2.35. The van der Waals surface area contributed by atoms with Crippen molar-refractivity contribution in [2.24, 2.45) is 11.8 Å². The van der Waals surface area contributed by atoms with Gasteiger partial charge in [-0.3, -0.25) is 0 Å². The minimum atomic E-state index is 0.784. The Kier molecular flexibility index (Phi) is 8.36. The molecule has 1 saturated heterocycles. The van der Waals surface area contributed by atoms with Gasteiger partial charge in [0.25, 0.3) is 0 Å². The Morgan fingerprint density at radius 3 is 1.71 bits per heavy atom. The van der Waals surface area contributed by atoms with Crippen molar-refractivity contribution in [3.05, 3.63) is 108 Å². The molecule has 5 rings (SSSR count). The lowest BCUT2D eigenvalue weighted by molar-refractivity contribution is 0.182. The van der Waals surface area contributed by atoms with E-state index in [1.54, 1.807) is 5.56 Å². The Bertz CT molecular complexity index is 811. The van der Waals surface area contributed by atoms with E-state index in [1.807, 2.05) is 36.4 Å². The minimum absolute atomic E-state index is 0.784. The summed E-state index contributed by atoms with van der Waals surface area (Å²) in [6.07, 6.45) is 8.27. The molecule has 0 aromatic heterocycles. The summed E-state index contributed by atoms with van der Waals surface area (Å²) >= 11 is 0. The third-order valence-electron chi connectivity index (χ3n) is 7.06. The van der Waals surface area contributed by atoms with Crippen molar-refractivity contribution in [2.45, 2.75) is 44.4 Å². The predicted octanol–water partition coefficient (Wildman–Crippen LogP) is 7.21. The molecule has 3 aromatic carbocycles. The molecule has 2 unspecified atom stereocenters. The Morgan fingerprint density at radius 1 is 0.581 bits per heavy atom. The highest BCUT2D eigenvalue weighted by atomic mass is 15.1. The van der Waals surface area contributed by atoms with Gasteiger partial charge in [-0.2, -0.15) is 0 Å². The van der Waals surface area contributed by atoms with Crippen LogP contribution in [0.5, 0.6) is 0 Å². The summed E-state index contributed by atoms with van der Waals surface area (Å²) in [5.74, 6) is 2.63. The minimum Gasteiger partial charge on any atom is -0.303 e. The van der Waals surface area contributed by atoms with Gasteiger partial charge in [0, 0.05) is 6.54 Å². The van der Waals surface area contributed by atoms with Gasteiger partial charge in [0.2, 0.25) is 0 Å². The van der Waals surface area contributed by atoms with Crippen molar-refractivity contribution < 1.29 is 0 Å². The van der Waals surface area contributed by atoms with Crippen molar-refractivity contribution in [1.82, 2.24) is 4.90 Å². The predicted molar refractivity (Wildman–Crippen MR) is 132 cm³/mol. The van der Waals surface area contributed by atoms with Gasteiger partial charge in [-0.25, -0.2) is 0 Å². The third kappa shape index (κ3) is 7.08. The monoisotopic (exact) mass is 411 g/mol. The van der Waals surface area contributed by atoms with Gasteiger partial charge in [-0.15, -0.1) is 0 Å². The van der Waals surface area contributed by atoms with Crippen LogP contribution in [0, 0.1) is 11.8 Å². The van der Waals surface area contributed by atoms with Crippen molar-refractivity contribution in [2.75, 3.05) is 19.6 Å². The van der Waals surface area contributed by atoms with Gasteiger partial charge < -0.3 is 4.90 Å². The maximum absolute atomic E-state index is 2.75. The number of rotatable bonds is 5. The van der Waals surface area contributed by atoms with Gasteiger partial charge in [-0.1, -0.05) is 97.1 Å². The first-order valence-corrected chi connectivity index (χ1v) is 12.2. The van der Waals surface area contributed by atoms with Crippen LogP contribution in [-0.4, -0.2) is 24.5 Å². The zero-order valence-corrected chi connectivity index (χ0v) is 18.8. The highest BCUT2D eigenvalue weighted by molar-refractivity contribution is 5.20. The molecule has 0 radical (unpaired) electrons. The summed E-state index contributed by atoms with van der Waals surface area (Å²) in [5.41, 5.74) is 3.07. The maximum atomic E-state index is 2.75. The molecule has 1 heteroatoms. The number of nitrogens with zero attached hydrogens (tertiary/aromatic N) is 1. The summed E-state index contributed by atoms with van der Waals surface area (Å²) in [7, 11) is 0. The fourth-order valence-corrected chi connectivity index (χ4v) is 5.40. The lowest BCUT2D eigenvalue weighted by Crippen LogP contribution is -2.36. The molecule has 1 aliphatic heterocycles. The quantitative estimate of drug-likeness (QED) is 0.429. The Morgan fingerprint density at radius 2 is 1.10 bits per heavy atom. The zero-order valence-electron chi connectivity index (χ0n) is 18.8. The van der Waals surface area contributed by atoms with Crippen LogP contribution in [0.3, 0.4) is 0 Å². The SMILES string of the molecule is c1ccc(CC2CCC(CN3CCC(c4ccccc4)CC3)C2)cc1.c1ccccc1. The molecule has 2 aliphatic rings. The van der Waals surface area contributed by atoms with Gasteiger partial charge in [0.05, 0.1) is 0 Å². The fourth-order valence-electron chi connectivity index (χ4n) is 5.40. The number of likely N-dealkylation sites (tertiary alicyclic amines) is 1. The molecular formula is C30H37N. The van der Waals surface area contributed by atoms with Gasteiger partial charge >= 0.3 is 0 Å². The zero-order chi connectivity index (χ0) is 21.1. The molecule has 0 N–H and O–H groups in total. The van der Waals surface area contributed by atoms with Crippen LogP contribution in [0.4, 0.5) is 0 Å². The van der Waals surface area contributed by atoms with E-state index in [4.69, 9.17) is 0 Å². The molecule has 1 nitrogen and oxygen atoms in total. The topological polar surface area (TPSA) is 3.24 Å². The average molecular weight is 412 g/mol. The molecule has 0 amide bonds. The molecule has 31 heavy (non-hydrogen) atoms. The van der Waals surface area contributed by atoms with Crippen LogP contribution < -0.4 is 0 Å². The van der Waals surface area contributed by atoms with Crippen molar-refractivity contribution in [3.8, 4) is 0 Å². The van der Waals surface area contributed by atoms with Crippen molar-refractivity contribution in [1.29, 1.82) is 0 Å². The standard InChI is InChI=1S/C24H31N.C6H6/c1-3-7-20(8-4-1)17-21-11-12-22(18-21)19-25-15-13-24(14-16-25)23-9-5-2-6-10-23;1-2-4-6-5-3-1/h1-10,21-22,24H,11-19H2;1-6H. The Balaban J connectivity index is 0.000000334. The molecule has 1 heterocycles. The maximum Gasteiger partial charge on any atom is 0.000977 e. The van der Waals surface area contributed by atoms with Crippen LogP contribution >= 0.6 is 0 Å². The van der Waals surface area contributed by atoms with Gasteiger partial charge in [0.1, 0.15) is 0 Å². The van der Waals surface area contributed by atoms with Crippen LogP contribution in [0.1, 0.15) is 49.1 Å². The smallest absolute Gasteiger partial charge is 0.000977 e. The summed E-state index contributed by atoms with van der Waals surface area (Å²) in [6, 6.07) is 34.2. The summed E-state index contributed by atoms with van der Waals surface area (Å²) in [6.45, 7) is 3.92. The van der Waals surface area contributed by atoms with Crippen LogP contribution in [0.25, 0.3) is 0 Å². The summed E-state index contributed by atoms with van der Waals surface area (Å²) < 4.78 is 0. The fraction of sp³-hybridized carbons (Fsp3) is 0.400. The number of benzene rings is 3. The van der Waals surface area contributed by atoms with Crippen LogP contribution in [0.2, 0.25) is 0 Å². The summed E-state index contributed by atoms with van der Waals surface area (Å²) in [5, 5.41) is 0. The lowest BCUT2D eigenvalue weighted by atomic mass is 9.89. The first kappa shape index (κ1) is 21.8. The molecule has 0 spiro atoms. The molecule has 0 bridgehead atoms. The number of hydrogen-bond acceptors (Lipinski definition) is 1. The van der Waals surface area contributed by atoms with Crippen molar-refractivity contribution in [3.63, 3.8) is 0 Å². The van der Waals surface area contributed by atoms with E-state index in [2.05, 4.69) is 65.6 Å². The van der Waals surface area contributed by atoms with Crippen molar-refractivity contribution >= 4 is 0 Å². The largest absolute Gasteiger partial charge is 0.303 e. The van der Waals surface area contributed by atoms with Gasteiger partial charge in [-0.05, 0) is 80.5 Å². The molecule has 162 valence electrons. The van der Waals surface area contributed by atoms with E-state index in [1.165, 1.54) is 63.7 Å². The molecule has 2 atom stereocenters.